The van der Waals surface area contributed by atoms with E-state index in [4.69, 9.17) is 4.84 Å². The number of hydrogen-bond donors (Lipinski definition) is 1. The first-order valence-electron chi connectivity index (χ1n) is 8.21. The van der Waals surface area contributed by atoms with Crippen LogP contribution in [0, 0.1) is 11.7 Å². The lowest BCUT2D eigenvalue weighted by molar-refractivity contribution is -0.116. The molecule has 2 amide bonds. The van der Waals surface area contributed by atoms with E-state index in [1.54, 1.807) is 11.0 Å². The van der Waals surface area contributed by atoms with Gasteiger partial charge in [0.15, 0.2) is 11.8 Å². The highest BCUT2D eigenvalue weighted by Crippen LogP contribution is 2.29. The van der Waals surface area contributed by atoms with Crippen LogP contribution in [0.3, 0.4) is 0 Å². The van der Waals surface area contributed by atoms with E-state index >= 15 is 0 Å². The maximum Gasteiger partial charge on any atom is 0.269 e. The van der Waals surface area contributed by atoms with Crippen LogP contribution in [0.25, 0.3) is 0 Å². The molecule has 1 aliphatic carbocycles. The number of amides is 2. The van der Waals surface area contributed by atoms with Crippen molar-refractivity contribution in [2.24, 2.45) is 11.1 Å². The van der Waals surface area contributed by atoms with E-state index in [1.165, 1.54) is 18.2 Å². The van der Waals surface area contributed by atoms with Crippen LogP contribution in [-0.4, -0.2) is 47.7 Å². The third kappa shape index (κ3) is 2.64. The van der Waals surface area contributed by atoms with Crippen molar-refractivity contribution in [1.29, 1.82) is 0 Å². The minimum absolute atomic E-state index is 0.202. The Hall–Kier alpha value is -2.44. The highest BCUT2D eigenvalue weighted by molar-refractivity contribution is 6.40. The molecule has 7 heteroatoms. The predicted octanol–water partition coefficient (Wildman–Crippen LogP) is 1.32. The van der Waals surface area contributed by atoms with Crippen LogP contribution in [0.15, 0.2) is 29.4 Å². The van der Waals surface area contributed by atoms with Crippen molar-refractivity contribution in [2.75, 3.05) is 13.1 Å². The van der Waals surface area contributed by atoms with Crippen LogP contribution in [0.4, 0.5) is 4.39 Å². The van der Waals surface area contributed by atoms with Crippen LogP contribution >= 0.6 is 0 Å². The number of hydrogen-bond acceptors (Lipinski definition) is 4. The van der Waals surface area contributed by atoms with E-state index in [1.807, 2.05) is 0 Å². The van der Waals surface area contributed by atoms with Gasteiger partial charge in [-0.25, -0.2) is 4.39 Å². The topological polar surface area (TPSA) is 71.0 Å². The number of fused-ring (bicyclic) bond motifs is 1. The van der Waals surface area contributed by atoms with Crippen LogP contribution in [-0.2, 0) is 9.63 Å². The average Bonchev–Trinajstić information content (AvgIpc) is 3.10. The van der Waals surface area contributed by atoms with Gasteiger partial charge in [-0.3, -0.25) is 9.59 Å². The number of oxime groups is 1. The van der Waals surface area contributed by atoms with Gasteiger partial charge in [-0.15, -0.1) is 0 Å². The molecule has 4 rings (SSSR count). The van der Waals surface area contributed by atoms with Crippen LogP contribution < -0.4 is 5.32 Å². The summed E-state index contributed by atoms with van der Waals surface area (Å²) in [6, 6.07) is 5.84. The number of nitrogens with zero attached hydrogens (tertiary/aromatic N) is 2. The lowest BCUT2D eigenvalue weighted by Gasteiger charge is -2.26. The number of benzene rings is 1. The molecule has 126 valence electrons. The molecule has 3 aliphatic rings. The van der Waals surface area contributed by atoms with Gasteiger partial charge in [0.05, 0.1) is 12.5 Å². The molecule has 1 aromatic rings. The Morgan fingerprint density at radius 1 is 1.29 bits per heavy atom. The fourth-order valence-electron chi connectivity index (χ4n) is 3.33. The molecule has 2 atom stereocenters. The SMILES string of the molecule is O=C(NC1CCC1)C1=NO[C@@H]2CN(C(=O)c3cccc(F)c3)C[C@H]12. The summed E-state index contributed by atoms with van der Waals surface area (Å²) in [4.78, 5) is 31.7. The Balaban J connectivity index is 1.43. The van der Waals surface area contributed by atoms with Crippen LogP contribution in [0.1, 0.15) is 29.6 Å². The fraction of sp³-hybridized carbons (Fsp3) is 0.471. The molecule has 0 bridgehead atoms. The molecule has 2 fully saturated rings. The molecule has 0 spiro atoms. The third-order valence-corrected chi connectivity index (χ3v) is 4.94. The molecule has 1 aromatic carbocycles. The summed E-state index contributed by atoms with van der Waals surface area (Å²) in [7, 11) is 0. The number of carbonyl (C=O) groups is 2. The summed E-state index contributed by atoms with van der Waals surface area (Å²) in [5.74, 6) is -1.13. The summed E-state index contributed by atoms with van der Waals surface area (Å²) >= 11 is 0. The summed E-state index contributed by atoms with van der Waals surface area (Å²) in [5.41, 5.74) is 0.661. The molecule has 1 saturated carbocycles. The molecule has 0 radical (unpaired) electrons. The van der Waals surface area contributed by atoms with Crippen molar-refractivity contribution in [3.63, 3.8) is 0 Å². The number of carbonyl (C=O) groups excluding carboxylic acids is 2. The average molecular weight is 331 g/mol. The van der Waals surface area contributed by atoms with Gasteiger partial charge in [-0.1, -0.05) is 11.2 Å². The molecule has 1 saturated heterocycles. The second-order valence-electron chi connectivity index (χ2n) is 6.55. The van der Waals surface area contributed by atoms with Gasteiger partial charge in [-0.05, 0) is 37.5 Å². The monoisotopic (exact) mass is 331 g/mol. The van der Waals surface area contributed by atoms with Crippen molar-refractivity contribution >= 4 is 17.5 Å². The van der Waals surface area contributed by atoms with Crippen molar-refractivity contribution in [3.05, 3.63) is 35.6 Å². The van der Waals surface area contributed by atoms with E-state index in [2.05, 4.69) is 10.5 Å². The number of nitrogens with one attached hydrogen (secondary N) is 1. The first-order valence-corrected chi connectivity index (χ1v) is 8.21. The Bertz CT molecular complexity index is 717. The zero-order valence-electron chi connectivity index (χ0n) is 13.1. The van der Waals surface area contributed by atoms with E-state index in [-0.39, 0.29) is 29.9 Å². The molecule has 1 N–H and O–H groups in total. The molecule has 6 nitrogen and oxygen atoms in total. The van der Waals surface area contributed by atoms with Crippen molar-refractivity contribution < 1.29 is 18.8 Å². The lowest BCUT2D eigenvalue weighted by atomic mass is 9.92. The van der Waals surface area contributed by atoms with Gasteiger partial charge in [0.1, 0.15) is 5.82 Å². The first-order chi connectivity index (χ1) is 11.6. The normalized spacial score (nSPS) is 25.5. The predicted molar refractivity (Wildman–Crippen MR) is 83.9 cm³/mol. The summed E-state index contributed by atoms with van der Waals surface area (Å²) in [6.45, 7) is 0.709. The maximum atomic E-state index is 13.3. The Morgan fingerprint density at radius 3 is 2.83 bits per heavy atom. The molecule has 24 heavy (non-hydrogen) atoms. The van der Waals surface area contributed by atoms with Gasteiger partial charge < -0.3 is 15.1 Å². The summed E-state index contributed by atoms with van der Waals surface area (Å²) in [6.07, 6.45) is 2.83. The molecular formula is C17H18FN3O3. The zero-order valence-corrected chi connectivity index (χ0v) is 13.1. The fourth-order valence-corrected chi connectivity index (χ4v) is 3.33. The minimum Gasteiger partial charge on any atom is -0.389 e. The number of rotatable bonds is 3. The van der Waals surface area contributed by atoms with E-state index in [0.717, 1.165) is 19.3 Å². The molecular weight excluding hydrogens is 313 g/mol. The summed E-state index contributed by atoms with van der Waals surface area (Å²) in [5, 5.41) is 6.87. The van der Waals surface area contributed by atoms with E-state index in [9.17, 15) is 14.0 Å². The van der Waals surface area contributed by atoms with Gasteiger partial charge in [0, 0.05) is 18.2 Å². The zero-order chi connectivity index (χ0) is 16.7. The van der Waals surface area contributed by atoms with Crippen molar-refractivity contribution in [1.82, 2.24) is 10.2 Å². The molecule has 0 unspecified atom stereocenters. The van der Waals surface area contributed by atoms with Gasteiger partial charge in [0.2, 0.25) is 0 Å². The van der Waals surface area contributed by atoms with Crippen molar-refractivity contribution in [3.8, 4) is 0 Å². The van der Waals surface area contributed by atoms with Crippen molar-refractivity contribution in [2.45, 2.75) is 31.4 Å². The minimum atomic E-state index is -0.446. The first kappa shape index (κ1) is 15.1. The highest BCUT2D eigenvalue weighted by Gasteiger charge is 2.46. The quantitative estimate of drug-likeness (QED) is 0.908. The number of halogens is 1. The Labute approximate surface area is 138 Å². The second-order valence-corrected chi connectivity index (χ2v) is 6.55. The molecule has 0 aromatic heterocycles. The van der Waals surface area contributed by atoms with E-state index < -0.39 is 5.82 Å². The smallest absolute Gasteiger partial charge is 0.269 e. The maximum absolute atomic E-state index is 13.3. The van der Waals surface area contributed by atoms with Crippen LogP contribution in [0.5, 0.6) is 0 Å². The standard InChI is InChI=1S/C17H18FN3O3/c18-11-4-1-3-10(7-11)17(23)21-8-13-14(9-21)24-20-15(13)16(22)19-12-5-2-6-12/h1,3-4,7,12-14H,2,5-6,8-9H2,(H,19,22)/t13-,14+/m0/s1. The van der Waals surface area contributed by atoms with Gasteiger partial charge in [0.25, 0.3) is 11.8 Å². The Kier molecular flexibility index (Phi) is 3.70. The van der Waals surface area contributed by atoms with E-state index in [0.29, 0.717) is 24.4 Å². The third-order valence-electron chi connectivity index (χ3n) is 4.94. The lowest BCUT2D eigenvalue weighted by Crippen LogP contribution is -2.45. The van der Waals surface area contributed by atoms with Crippen LogP contribution in [0.2, 0.25) is 0 Å². The highest BCUT2D eigenvalue weighted by atomic mass is 19.1. The number of likely N-dealkylation sites (tertiary alicyclic amines) is 1. The second kappa shape index (κ2) is 5.89. The summed E-state index contributed by atoms with van der Waals surface area (Å²) < 4.78 is 13.3. The molecule has 2 heterocycles. The van der Waals surface area contributed by atoms with Gasteiger partial charge >= 0.3 is 0 Å². The largest absolute Gasteiger partial charge is 0.389 e. The molecule has 2 aliphatic heterocycles. The Morgan fingerprint density at radius 2 is 2.12 bits per heavy atom. The van der Waals surface area contributed by atoms with Gasteiger partial charge in [-0.2, -0.15) is 0 Å².